The lowest BCUT2D eigenvalue weighted by molar-refractivity contribution is 0.285. The number of hydrogen-bond acceptors (Lipinski definition) is 3. The maximum absolute atomic E-state index is 8.99. The van der Waals surface area contributed by atoms with Crippen molar-refractivity contribution in [2.24, 2.45) is 0 Å². The van der Waals surface area contributed by atoms with Gasteiger partial charge >= 0.3 is 0 Å². The second-order valence-electron chi connectivity index (χ2n) is 2.71. The molecule has 1 nitrogen and oxygen atoms in total. The molecule has 4 heteroatoms. The monoisotopic (exact) mass is 322 g/mol. The Kier molecular flexibility index (Phi) is 2.83. The van der Waals surface area contributed by atoms with Gasteiger partial charge in [0.15, 0.2) is 0 Å². The second kappa shape index (κ2) is 3.76. The summed E-state index contributed by atoms with van der Waals surface area (Å²) in [6, 6.07) is 6.10. The molecule has 0 unspecified atom stereocenters. The molecule has 13 heavy (non-hydrogen) atoms. The average Bonchev–Trinajstić information content (AvgIpc) is 2.47. The summed E-state index contributed by atoms with van der Waals surface area (Å²) in [6.45, 7) is 0.122. The summed E-state index contributed by atoms with van der Waals surface area (Å²) in [5.74, 6) is 0. The normalized spacial score (nSPS) is 11.0. The molecule has 68 valence electrons. The summed E-state index contributed by atoms with van der Waals surface area (Å²) in [5, 5.41) is 10.2. The van der Waals surface area contributed by atoms with Crippen molar-refractivity contribution in [2.75, 3.05) is 0 Å². The molecule has 0 saturated carbocycles. The van der Waals surface area contributed by atoms with Crippen molar-refractivity contribution in [3.63, 3.8) is 0 Å². The number of thiol groups is 1. The number of halogens is 1. The molecule has 0 aliphatic rings. The molecule has 2 aromatic rings. The number of aliphatic hydroxyl groups excluding tert-OH is 1. The molecule has 2 rings (SSSR count). The Labute approximate surface area is 99.3 Å². The first kappa shape index (κ1) is 9.76. The summed E-state index contributed by atoms with van der Waals surface area (Å²) in [5.41, 5.74) is 0. The van der Waals surface area contributed by atoms with Crippen molar-refractivity contribution < 1.29 is 5.11 Å². The molecule has 0 radical (unpaired) electrons. The van der Waals surface area contributed by atoms with Crippen LogP contribution in [-0.4, -0.2) is 5.11 Å². The van der Waals surface area contributed by atoms with Gasteiger partial charge in [0.1, 0.15) is 0 Å². The zero-order valence-corrected chi connectivity index (χ0v) is 10.5. The van der Waals surface area contributed by atoms with Gasteiger partial charge in [-0.3, -0.25) is 0 Å². The number of aliphatic hydroxyl groups is 1. The predicted molar refractivity (Wildman–Crippen MR) is 67.7 cm³/mol. The van der Waals surface area contributed by atoms with Crippen LogP contribution in [0.15, 0.2) is 23.1 Å². The lowest BCUT2D eigenvalue weighted by atomic mass is 10.2. The van der Waals surface area contributed by atoms with E-state index in [9.17, 15) is 0 Å². The second-order valence-corrected chi connectivity index (χ2v) is 5.56. The van der Waals surface area contributed by atoms with E-state index in [1.54, 1.807) is 11.3 Å². The van der Waals surface area contributed by atoms with Crippen LogP contribution in [0.4, 0.5) is 0 Å². The van der Waals surface area contributed by atoms with Crippen LogP contribution >= 0.6 is 46.6 Å². The highest BCUT2D eigenvalue weighted by Gasteiger charge is 2.04. The van der Waals surface area contributed by atoms with E-state index in [1.165, 1.54) is 13.7 Å². The summed E-state index contributed by atoms with van der Waals surface area (Å²) >= 11 is 8.22. The fourth-order valence-corrected chi connectivity index (χ4v) is 3.76. The van der Waals surface area contributed by atoms with E-state index in [2.05, 4.69) is 35.2 Å². The Morgan fingerprint density at radius 3 is 2.85 bits per heavy atom. The first-order chi connectivity index (χ1) is 6.20. The highest BCUT2D eigenvalue weighted by molar-refractivity contribution is 14.1. The minimum absolute atomic E-state index is 0.122. The topological polar surface area (TPSA) is 20.2 Å². The molecule has 0 atom stereocenters. The van der Waals surface area contributed by atoms with Crippen LogP contribution in [0.1, 0.15) is 4.88 Å². The molecular formula is C9H7IOS2. The number of fused-ring (bicyclic) bond motifs is 1. The molecular weight excluding hydrogens is 315 g/mol. The summed E-state index contributed by atoms with van der Waals surface area (Å²) in [6.07, 6.45) is 0. The quantitative estimate of drug-likeness (QED) is 0.610. The van der Waals surface area contributed by atoms with Crippen LogP contribution in [0.2, 0.25) is 0 Å². The van der Waals surface area contributed by atoms with Gasteiger partial charge in [-0.1, -0.05) is 0 Å². The largest absolute Gasteiger partial charge is 0.391 e. The summed E-state index contributed by atoms with van der Waals surface area (Å²) in [7, 11) is 0. The molecule has 0 aliphatic heterocycles. The Hall–Kier alpha value is 0.220. The van der Waals surface area contributed by atoms with Crippen LogP contribution in [0.3, 0.4) is 0 Å². The number of thiophene rings is 1. The minimum atomic E-state index is 0.122. The van der Waals surface area contributed by atoms with Gasteiger partial charge < -0.3 is 5.11 Å². The van der Waals surface area contributed by atoms with Gasteiger partial charge in [-0.15, -0.1) is 24.0 Å². The van der Waals surface area contributed by atoms with E-state index in [-0.39, 0.29) is 6.61 Å². The standard InChI is InChI=1S/C9H7IOS2/c10-8-1-5(12)2-9-7(8)3-6(4-11)13-9/h1-3,11-12H,4H2. The molecule has 0 spiro atoms. The Morgan fingerprint density at radius 2 is 2.15 bits per heavy atom. The molecule has 0 saturated heterocycles. The van der Waals surface area contributed by atoms with Crippen LogP contribution < -0.4 is 0 Å². The van der Waals surface area contributed by atoms with Crippen molar-refractivity contribution >= 4 is 56.6 Å². The maximum atomic E-state index is 8.99. The van der Waals surface area contributed by atoms with Crippen LogP contribution in [0, 0.1) is 3.57 Å². The Balaban J connectivity index is 2.75. The van der Waals surface area contributed by atoms with Gasteiger partial charge in [-0.25, -0.2) is 0 Å². The molecule has 0 amide bonds. The van der Waals surface area contributed by atoms with Gasteiger partial charge in [-0.2, -0.15) is 0 Å². The SMILES string of the molecule is OCc1cc2c(I)cc(S)cc2s1. The third-order valence-corrected chi connectivity index (χ3v) is 4.00. The minimum Gasteiger partial charge on any atom is -0.391 e. The number of rotatable bonds is 1. The van der Waals surface area contributed by atoms with Crippen molar-refractivity contribution in [3.05, 3.63) is 26.6 Å². The first-order valence-corrected chi connectivity index (χ1v) is 6.07. The summed E-state index contributed by atoms with van der Waals surface area (Å²) < 4.78 is 2.39. The van der Waals surface area contributed by atoms with E-state index < -0.39 is 0 Å². The molecule has 1 N–H and O–H groups in total. The predicted octanol–water partition coefficient (Wildman–Crippen LogP) is 3.29. The Morgan fingerprint density at radius 1 is 1.38 bits per heavy atom. The zero-order chi connectivity index (χ0) is 9.42. The smallest absolute Gasteiger partial charge is 0.0774 e. The van der Waals surface area contributed by atoms with E-state index in [4.69, 9.17) is 5.11 Å². The highest BCUT2D eigenvalue weighted by atomic mass is 127. The van der Waals surface area contributed by atoms with Crippen molar-refractivity contribution in [2.45, 2.75) is 11.5 Å². The first-order valence-electron chi connectivity index (χ1n) is 3.72. The fourth-order valence-electron chi connectivity index (χ4n) is 1.21. The number of benzene rings is 1. The van der Waals surface area contributed by atoms with E-state index in [0.717, 1.165) is 9.77 Å². The third kappa shape index (κ3) is 1.86. The molecule has 0 aliphatic carbocycles. The van der Waals surface area contributed by atoms with Crippen LogP contribution in [0.5, 0.6) is 0 Å². The van der Waals surface area contributed by atoms with E-state index >= 15 is 0 Å². The molecule has 0 fully saturated rings. The lowest BCUT2D eigenvalue weighted by Gasteiger charge is -1.95. The van der Waals surface area contributed by atoms with Gasteiger partial charge in [0, 0.05) is 23.4 Å². The number of hydrogen-bond donors (Lipinski definition) is 2. The van der Waals surface area contributed by atoms with Gasteiger partial charge in [0.25, 0.3) is 0 Å². The van der Waals surface area contributed by atoms with E-state index in [1.807, 2.05) is 18.2 Å². The van der Waals surface area contributed by atoms with Gasteiger partial charge in [0.05, 0.1) is 6.61 Å². The van der Waals surface area contributed by atoms with Gasteiger partial charge in [-0.05, 0) is 40.8 Å². The maximum Gasteiger partial charge on any atom is 0.0774 e. The van der Waals surface area contributed by atoms with Gasteiger partial charge in [0.2, 0.25) is 0 Å². The van der Waals surface area contributed by atoms with Crippen LogP contribution in [0.25, 0.3) is 10.1 Å². The Bertz CT molecular complexity index is 450. The van der Waals surface area contributed by atoms with Crippen molar-refractivity contribution in [1.82, 2.24) is 0 Å². The zero-order valence-electron chi connectivity index (χ0n) is 6.62. The lowest BCUT2D eigenvalue weighted by Crippen LogP contribution is -1.73. The summed E-state index contributed by atoms with van der Waals surface area (Å²) in [4.78, 5) is 1.98. The fraction of sp³-hybridized carbons (Fsp3) is 0.111. The average molecular weight is 322 g/mol. The highest BCUT2D eigenvalue weighted by Crippen LogP contribution is 2.31. The molecule has 1 heterocycles. The van der Waals surface area contributed by atoms with Crippen molar-refractivity contribution in [1.29, 1.82) is 0 Å². The van der Waals surface area contributed by atoms with Crippen molar-refractivity contribution in [3.8, 4) is 0 Å². The third-order valence-electron chi connectivity index (χ3n) is 1.78. The van der Waals surface area contributed by atoms with E-state index in [0.29, 0.717) is 0 Å². The molecule has 1 aromatic carbocycles. The van der Waals surface area contributed by atoms with Crippen LogP contribution in [-0.2, 0) is 6.61 Å². The molecule has 0 bridgehead atoms. The molecule has 1 aromatic heterocycles.